The highest BCUT2D eigenvalue weighted by molar-refractivity contribution is 5.77. The molecule has 0 aromatic heterocycles. The quantitative estimate of drug-likeness (QED) is 0.689. The molecule has 3 N–H and O–H groups in total. The van der Waals surface area contributed by atoms with Gasteiger partial charge in [-0.25, -0.2) is 4.39 Å². The summed E-state index contributed by atoms with van der Waals surface area (Å²) in [5.41, 5.74) is 5.08. The van der Waals surface area contributed by atoms with Gasteiger partial charge in [-0.15, -0.1) is 0 Å². The summed E-state index contributed by atoms with van der Waals surface area (Å²) in [5, 5.41) is 2.51. The third kappa shape index (κ3) is 3.95. The molecule has 1 aromatic rings. The van der Waals surface area contributed by atoms with Crippen LogP contribution >= 0.6 is 0 Å². The Morgan fingerprint density at radius 2 is 2.20 bits per heavy atom. The predicted molar refractivity (Wildman–Crippen MR) is 54.0 cm³/mol. The largest absolute Gasteiger partial charge is 0.489 e. The van der Waals surface area contributed by atoms with Crippen molar-refractivity contribution in [2.45, 2.75) is 0 Å². The van der Waals surface area contributed by atoms with Crippen LogP contribution in [0.1, 0.15) is 0 Å². The Hall–Kier alpha value is -1.62. The van der Waals surface area contributed by atoms with Crippen molar-refractivity contribution in [3.63, 3.8) is 0 Å². The minimum Gasteiger partial charge on any atom is -0.489 e. The van der Waals surface area contributed by atoms with Gasteiger partial charge in [0.2, 0.25) is 5.91 Å². The summed E-state index contributed by atoms with van der Waals surface area (Å²) in [6.45, 7) is 0.469. The van der Waals surface area contributed by atoms with Crippen LogP contribution in [0.15, 0.2) is 24.3 Å². The van der Waals surface area contributed by atoms with Crippen LogP contribution in [0.2, 0.25) is 0 Å². The average Bonchev–Trinajstić information content (AvgIpc) is 2.26. The van der Waals surface area contributed by atoms with E-state index in [2.05, 4.69) is 5.32 Å². The van der Waals surface area contributed by atoms with Gasteiger partial charge in [0, 0.05) is 0 Å². The number of nitrogens with two attached hydrogens (primary N) is 1. The van der Waals surface area contributed by atoms with Crippen molar-refractivity contribution in [3.05, 3.63) is 30.1 Å². The summed E-state index contributed by atoms with van der Waals surface area (Å²) in [7, 11) is 0. The van der Waals surface area contributed by atoms with Gasteiger partial charge in [-0.1, -0.05) is 12.1 Å². The Bertz CT molecular complexity index is 331. The van der Waals surface area contributed by atoms with E-state index in [0.717, 1.165) is 0 Å². The second-order valence-corrected chi connectivity index (χ2v) is 2.83. The molecule has 1 amide bonds. The number of hydrogen-bond donors (Lipinski definition) is 2. The van der Waals surface area contributed by atoms with Crippen molar-refractivity contribution >= 4 is 5.91 Å². The molecule has 0 unspecified atom stereocenters. The van der Waals surface area contributed by atoms with Crippen LogP contribution < -0.4 is 15.8 Å². The van der Waals surface area contributed by atoms with E-state index in [-0.39, 0.29) is 24.8 Å². The first-order valence-electron chi connectivity index (χ1n) is 4.58. The fraction of sp³-hybridized carbons (Fsp3) is 0.300. The molecule has 0 atom stereocenters. The Labute approximate surface area is 87.2 Å². The van der Waals surface area contributed by atoms with Gasteiger partial charge in [-0.3, -0.25) is 4.79 Å². The number of carbonyl (C=O) groups excluding carboxylic acids is 1. The molecule has 0 aliphatic rings. The van der Waals surface area contributed by atoms with Crippen LogP contribution in [-0.4, -0.2) is 25.6 Å². The lowest BCUT2D eigenvalue weighted by Crippen LogP contribution is -2.33. The molecule has 1 rings (SSSR count). The topological polar surface area (TPSA) is 64.4 Å². The molecule has 0 aliphatic heterocycles. The van der Waals surface area contributed by atoms with E-state index in [1.807, 2.05) is 0 Å². The van der Waals surface area contributed by atoms with Gasteiger partial charge in [0.1, 0.15) is 6.61 Å². The highest BCUT2D eigenvalue weighted by Crippen LogP contribution is 2.14. The van der Waals surface area contributed by atoms with Crippen LogP contribution in [0.3, 0.4) is 0 Å². The molecule has 0 saturated carbocycles. The first-order valence-corrected chi connectivity index (χ1v) is 4.58. The van der Waals surface area contributed by atoms with E-state index in [9.17, 15) is 9.18 Å². The second kappa shape index (κ2) is 5.98. The summed E-state index contributed by atoms with van der Waals surface area (Å²) in [4.78, 5) is 10.7. The van der Waals surface area contributed by atoms with Crippen LogP contribution in [0, 0.1) is 5.82 Å². The van der Waals surface area contributed by atoms with Gasteiger partial charge in [0.15, 0.2) is 11.6 Å². The normalized spacial score (nSPS) is 9.73. The number of hydrogen-bond acceptors (Lipinski definition) is 3. The standard InChI is InChI=1S/C10H13FN2O2/c11-8-3-1-2-4-9(8)15-6-5-13-10(14)7-12/h1-4H,5-7,12H2,(H,13,14). The summed E-state index contributed by atoms with van der Waals surface area (Å²) in [6.07, 6.45) is 0. The number of amides is 1. The number of benzene rings is 1. The summed E-state index contributed by atoms with van der Waals surface area (Å²) in [6, 6.07) is 6.10. The zero-order chi connectivity index (χ0) is 11.1. The highest BCUT2D eigenvalue weighted by Gasteiger charge is 2.01. The number of rotatable bonds is 5. The zero-order valence-electron chi connectivity index (χ0n) is 8.20. The molecule has 0 saturated heterocycles. The molecule has 0 spiro atoms. The maximum absolute atomic E-state index is 13.0. The molecule has 15 heavy (non-hydrogen) atoms. The lowest BCUT2D eigenvalue weighted by molar-refractivity contribution is -0.119. The van der Waals surface area contributed by atoms with E-state index in [1.165, 1.54) is 12.1 Å². The first kappa shape index (κ1) is 11.5. The van der Waals surface area contributed by atoms with Gasteiger partial charge in [-0.05, 0) is 12.1 Å². The Morgan fingerprint density at radius 1 is 1.47 bits per heavy atom. The predicted octanol–water partition coefficient (Wildman–Crippen LogP) is 0.279. The molecule has 5 heteroatoms. The van der Waals surface area contributed by atoms with Crippen molar-refractivity contribution in [1.29, 1.82) is 0 Å². The number of ether oxygens (including phenoxy) is 1. The second-order valence-electron chi connectivity index (χ2n) is 2.83. The van der Waals surface area contributed by atoms with E-state index >= 15 is 0 Å². The lowest BCUT2D eigenvalue weighted by atomic mass is 10.3. The first-order chi connectivity index (χ1) is 7.24. The summed E-state index contributed by atoms with van der Waals surface area (Å²) < 4.78 is 18.1. The van der Waals surface area contributed by atoms with Gasteiger partial charge >= 0.3 is 0 Å². The summed E-state index contributed by atoms with van der Waals surface area (Å²) in [5.74, 6) is -0.491. The molecule has 0 fully saturated rings. The maximum atomic E-state index is 13.0. The fourth-order valence-corrected chi connectivity index (χ4v) is 0.985. The van der Waals surface area contributed by atoms with Crippen LogP contribution in [-0.2, 0) is 4.79 Å². The Kier molecular flexibility index (Phi) is 4.56. The summed E-state index contributed by atoms with van der Waals surface area (Å²) >= 11 is 0. The van der Waals surface area contributed by atoms with Gasteiger partial charge in [0.25, 0.3) is 0 Å². The molecular formula is C10H13FN2O2. The lowest BCUT2D eigenvalue weighted by Gasteiger charge is -2.07. The molecule has 4 nitrogen and oxygen atoms in total. The number of nitrogens with one attached hydrogen (secondary N) is 1. The fourth-order valence-electron chi connectivity index (χ4n) is 0.985. The molecular weight excluding hydrogens is 199 g/mol. The molecule has 0 aliphatic carbocycles. The number of para-hydroxylation sites is 1. The monoisotopic (exact) mass is 212 g/mol. The number of carbonyl (C=O) groups is 1. The van der Waals surface area contributed by atoms with Gasteiger partial charge < -0.3 is 15.8 Å². The van der Waals surface area contributed by atoms with Gasteiger partial charge in [-0.2, -0.15) is 0 Å². The Balaban J connectivity index is 2.26. The molecule has 0 radical (unpaired) electrons. The minimum absolute atomic E-state index is 0.0559. The average molecular weight is 212 g/mol. The van der Waals surface area contributed by atoms with E-state index < -0.39 is 5.82 Å². The smallest absolute Gasteiger partial charge is 0.233 e. The van der Waals surface area contributed by atoms with Crippen LogP contribution in [0.25, 0.3) is 0 Å². The van der Waals surface area contributed by atoms with Crippen molar-refractivity contribution < 1.29 is 13.9 Å². The molecule has 1 aromatic carbocycles. The number of halogens is 1. The SMILES string of the molecule is NCC(=O)NCCOc1ccccc1F. The van der Waals surface area contributed by atoms with Crippen LogP contribution in [0.5, 0.6) is 5.75 Å². The minimum atomic E-state index is -0.414. The molecule has 0 bridgehead atoms. The zero-order valence-corrected chi connectivity index (χ0v) is 8.20. The van der Waals surface area contributed by atoms with Crippen molar-refractivity contribution in [3.8, 4) is 5.75 Å². The van der Waals surface area contributed by atoms with Gasteiger partial charge in [0.05, 0.1) is 13.1 Å². The van der Waals surface area contributed by atoms with Crippen molar-refractivity contribution in [2.24, 2.45) is 5.73 Å². The van der Waals surface area contributed by atoms with E-state index in [4.69, 9.17) is 10.5 Å². The maximum Gasteiger partial charge on any atom is 0.233 e. The van der Waals surface area contributed by atoms with Crippen molar-refractivity contribution in [1.82, 2.24) is 5.32 Å². The third-order valence-corrected chi connectivity index (χ3v) is 1.70. The molecule has 82 valence electrons. The third-order valence-electron chi connectivity index (χ3n) is 1.70. The Morgan fingerprint density at radius 3 is 2.87 bits per heavy atom. The highest BCUT2D eigenvalue weighted by atomic mass is 19.1. The molecule has 0 heterocycles. The van der Waals surface area contributed by atoms with E-state index in [0.29, 0.717) is 6.54 Å². The van der Waals surface area contributed by atoms with Crippen LogP contribution in [0.4, 0.5) is 4.39 Å². The van der Waals surface area contributed by atoms with E-state index in [1.54, 1.807) is 12.1 Å². The van der Waals surface area contributed by atoms with Crippen molar-refractivity contribution in [2.75, 3.05) is 19.7 Å².